The number of ether oxygens (including phenoxy) is 1. The Hall–Kier alpha value is -3.35. The number of hydrogen-bond donors (Lipinski definition) is 0. The SMILES string of the molecule is CCCN(CCC)C(=O)c1ccc(CN2C(=O)CC(c3ccccc3)C(C(=O)OCC)=C2C)o1. The van der Waals surface area contributed by atoms with Crippen LogP contribution < -0.4 is 0 Å². The van der Waals surface area contributed by atoms with Crippen molar-refractivity contribution >= 4 is 17.8 Å². The van der Waals surface area contributed by atoms with E-state index in [9.17, 15) is 14.4 Å². The van der Waals surface area contributed by atoms with Crippen LogP contribution in [-0.2, 0) is 20.9 Å². The van der Waals surface area contributed by atoms with E-state index in [2.05, 4.69) is 0 Å². The second-order valence-corrected chi connectivity index (χ2v) is 8.42. The molecule has 1 unspecified atom stereocenters. The third kappa shape index (κ3) is 5.58. The Morgan fingerprint density at radius 2 is 1.74 bits per heavy atom. The largest absolute Gasteiger partial charge is 0.463 e. The molecule has 0 bridgehead atoms. The van der Waals surface area contributed by atoms with Gasteiger partial charge in [-0.1, -0.05) is 44.2 Å². The zero-order chi connectivity index (χ0) is 24.7. The first-order valence-electron chi connectivity index (χ1n) is 12.0. The maximum absolute atomic E-state index is 13.2. The lowest BCUT2D eigenvalue weighted by molar-refractivity contribution is -0.140. The average molecular weight is 467 g/mol. The second kappa shape index (κ2) is 11.7. The average Bonchev–Trinajstić information content (AvgIpc) is 3.30. The van der Waals surface area contributed by atoms with Gasteiger partial charge in [0.15, 0.2) is 5.76 Å². The van der Waals surface area contributed by atoms with E-state index in [1.807, 2.05) is 44.2 Å². The maximum atomic E-state index is 13.2. The van der Waals surface area contributed by atoms with Gasteiger partial charge in [-0.25, -0.2) is 4.79 Å². The van der Waals surface area contributed by atoms with Crippen molar-refractivity contribution in [1.82, 2.24) is 9.80 Å². The van der Waals surface area contributed by atoms with Gasteiger partial charge in [0.1, 0.15) is 5.76 Å². The van der Waals surface area contributed by atoms with E-state index in [4.69, 9.17) is 9.15 Å². The number of esters is 1. The zero-order valence-electron chi connectivity index (χ0n) is 20.5. The smallest absolute Gasteiger partial charge is 0.336 e. The molecule has 1 aliphatic rings. The molecule has 1 atom stereocenters. The highest BCUT2D eigenvalue weighted by Gasteiger charge is 2.37. The normalized spacial score (nSPS) is 16.1. The fraction of sp³-hybridized carbons (Fsp3) is 0.444. The summed E-state index contributed by atoms with van der Waals surface area (Å²) in [5, 5.41) is 0. The Kier molecular flexibility index (Phi) is 8.68. The number of furan rings is 1. The van der Waals surface area contributed by atoms with Crippen molar-refractivity contribution in [3.05, 3.63) is 70.8 Å². The molecule has 0 radical (unpaired) electrons. The number of hydrogen-bond acceptors (Lipinski definition) is 5. The van der Waals surface area contributed by atoms with Crippen LogP contribution in [0.15, 0.2) is 58.2 Å². The number of carbonyl (C=O) groups is 3. The number of rotatable bonds is 10. The highest BCUT2D eigenvalue weighted by Crippen LogP contribution is 2.37. The summed E-state index contributed by atoms with van der Waals surface area (Å²) in [4.78, 5) is 42.2. The first-order valence-corrected chi connectivity index (χ1v) is 12.0. The molecule has 1 aromatic heterocycles. The van der Waals surface area contributed by atoms with Crippen LogP contribution in [0, 0.1) is 0 Å². The van der Waals surface area contributed by atoms with Gasteiger partial charge in [0.2, 0.25) is 5.91 Å². The number of allylic oxidation sites excluding steroid dienone is 1. The number of benzene rings is 1. The number of nitrogens with zero attached hydrogens (tertiary/aromatic N) is 2. The van der Waals surface area contributed by atoms with Crippen molar-refractivity contribution in [3.8, 4) is 0 Å². The van der Waals surface area contributed by atoms with Crippen molar-refractivity contribution in [2.24, 2.45) is 0 Å². The lowest BCUT2D eigenvalue weighted by Gasteiger charge is -2.34. The Morgan fingerprint density at radius 1 is 1.06 bits per heavy atom. The standard InChI is InChI=1S/C27H34N2O5/c1-5-15-28(16-6-2)26(31)23-14-13-21(34-23)18-29-19(4)25(27(32)33-7-3)22(17-24(29)30)20-11-9-8-10-12-20/h8-14,22H,5-7,15-18H2,1-4H3. The van der Waals surface area contributed by atoms with Gasteiger partial charge in [-0.2, -0.15) is 0 Å². The molecule has 2 heterocycles. The van der Waals surface area contributed by atoms with E-state index in [0.717, 1.165) is 18.4 Å². The number of carbonyl (C=O) groups excluding carboxylic acids is 3. The molecule has 34 heavy (non-hydrogen) atoms. The van der Waals surface area contributed by atoms with Gasteiger partial charge in [-0.05, 0) is 44.4 Å². The molecule has 3 rings (SSSR count). The van der Waals surface area contributed by atoms with Crippen molar-refractivity contribution in [3.63, 3.8) is 0 Å². The summed E-state index contributed by atoms with van der Waals surface area (Å²) in [7, 11) is 0. The van der Waals surface area contributed by atoms with Gasteiger partial charge in [0.05, 0.1) is 18.7 Å². The van der Waals surface area contributed by atoms with E-state index >= 15 is 0 Å². The summed E-state index contributed by atoms with van der Waals surface area (Å²) in [6.07, 6.45) is 1.89. The molecular weight excluding hydrogens is 432 g/mol. The highest BCUT2D eigenvalue weighted by molar-refractivity contribution is 5.96. The van der Waals surface area contributed by atoms with Crippen LogP contribution in [0.25, 0.3) is 0 Å². The molecule has 2 amide bonds. The van der Waals surface area contributed by atoms with E-state index in [1.54, 1.807) is 35.8 Å². The maximum Gasteiger partial charge on any atom is 0.336 e. The summed E-state index contributed by atoms with van der Waals surface area (Å²) < 4.78 is 11.2. The molecule has 182 valence electrons. The van der Waals surface area contributed by atoms with Gasteiger partial charge < -0.3 is 19.0 Å². The van der Waals surface area contributed by atoms with E-state index in [1.165, 1.54) is 0 Å². The number of amides is 2. The quantitative estimate of drug-likeness (QED) is 0.466. The lowest BCUT2D eigenvalue weighted by Crippen LogP contribution is -2.38. The van der Waals surface area contributed by atoms with Crippen molar-refractivity contribution in [2.75, 3.05) is 19.7 Å². The van der Waals surface area contributed by atoms with E-state index in [0.29, 0.717) is 30.1 Å². The van der Waals surface area contributed by atoms with Crippen LogP contribution >= 0.6 is 0 Å². The van der Waals surface area contributed by atoms with Crippen LogP contribution in [-0.4, -0.2) is 47.3 Å². The van der Waals surface area contributed by atoms with Crippen LogP contribution in [0.2, 0.25) is 0 Å². The van der Waals surface area contributed by atoms with Crippen molar-refractivity contribution in [1.29, 1.82) is 0 Å². The Balaban J connectivity index is 1.88. The van der Waals surface area contributed by atoms with E-state index in [-0.39, 0.29) is 43.1 Å². The molecule has 0 N–H and O–H groups in total. The summed E-state index contributed by atoms with van der Waals surface area (Å²) in [5.41, 5.74) is 1.93. The molecule has 1 aliphatic heterocycles. The minimum absolute atomic E-state index is 0.109. The minimum atomic E-state index is -0.420. The van der Waals surface area contributed by atoms with Crippen LogP contribution in [0.3, 0.4) is 0 Å². The summed E-state index contributed by atoms with van der Waals surface area (Å²) in [6, 6.07) is 12.9. The molecule has 7 heteroatoms. The minimum Gasteiger partial charge on any atom is -0.463 e. The summed E-state index contributed by atoms with van der Waals surface area (Å²) in [5.74, 6) is -0.294. The fourth-order valence-corrected chi connectivity index (χ4v) is 4.39. The van der Waals surface area contributed by atoms with Gasteiger partial charge in [0.25, 0.3) is 5.91 Å². The predicted octanol–water partition coefficient (Wildman–Crippen LogP) is 4.90. The van der Waals surface area contributed by atoms with Crippen LogP contribution in [0.5, 0.6) is 0 Å². The Labute approximate surface area is 201 Å². The summed E-state index contributed by atoms with van der Waals surface area (Å²) >= 11 is 0. The Morgan fingerprint density at radius 3 is 2.35 bits per heavy atom. The molecule has 0 fully saturated rings. The van der Waals surface area contributed by atoms with Gasteiger partial charge in [-0.3, -0.25) is 9.59 Å². The highest BCUT2D eigenvalue weighted by atomic mass is 16.5. The molecule has 1 aromatic carbocycles. The van der Waals surface area contributed by atoms with Gasteiger partial charge >= 0.3 is 5.97 Å². The van der Waals surface area contributed by atoms with Crippen molar-refractivity contribution < 1.29 is 23.5 Å². The van der Waals surface area contributed by atoms with E-state index < -0.39 is 5.97 Å². The first-order chi connectivity index (χ1) is 16.4. The fourth-order valence-electron chi connectivity index (χ4n) is 4.39. The zero-order valence-corrected chi connectivity index (χ0v) is 20.5. The molecule has 0 aliphatic carbocycles. The molecule has 0 saturated carbocycles. The van der Waals surface area contributed by atoms with Crippen LogP contribution in [0.1, 0.15) is 74.8 Å². The topological polar surface area (TPSA) is 80.1 Å². The third-order valence-electron chi connectivity index (χ3n) is 5.98. The second-order valence-electron chi connectivity index (χ2n) is 8.42. The molecule has 2 aromatic rings. The molecule has 7 nitrogen and oxygen atoms in total. The van der Waals surface area contributed by atoms with Crippen molar-refractivity contribution in [2.45, 2.75) is 59.4 Å². The molecule has 0 spiro atoms. The summed E-state index contributed by atoms with van der Waals surface area (Å²) in [6.45, 7) is 9.31. The lowest BCUT2D eigenvalue weighted by atomic mass is 9.83. The molecule has 0 saturated heterocycles. The predicted molar refractivity (Wildman–Crippen MR) is 129 cm³/mol. The Bertz CT molecular complexity index is 1030. The molecular formula is C27H34N2O5. The van der Waals surface area contributed by atoms with Gasteiger partial charge in [-0.15, -0.1) is 0 Å². The first kappa shape index (κ1) is 25.3. The monoisotopic (exact) mass is 466 g/mol. The third-order valence-corrected chi connectivity index (χ3v) is 5.98. The van der Waals surface area contributed by atoms with Crippen LogP contribution in [0.4, 0.5) is 0 Å². The van der Waals surface area contributed by atoms with Gasteiger partial charge in [0, 0.05) is 31.1 Å².